The van der Waals surface area contributed by atoms with E-state index in [0.717, 1.165) is 5.69 Å². The van der Waals surface area contributed by atoms with Crippen LogP contribution < -0.4 is 5.32 Å². The van der Waals surface area contributed by atoms with Crippen LogP contribution >= 0.6 is 0 Å². The molecule has 0 heterocycles. The Morgan fingerprint density at radius 2 is 1.75 bits per heavy atom. The highest BCUT2D eigenvalue weighted by molar-refractivity contribution is 5.47. The SMILES string of the molecule is CCC(CC)C(C)Nc1ccc(C#N)cc1. The highest BCUT2D eigenvalue weighted by Crippen LogP contribution is 2.18. The summed E-state index contributed by atoms with van der Waals surface area (Å²) in [6.07, 6.45) is 2.39. The van der Waals surface area contributed by atoms with Gasteiger partial charge in [-0.05, 0) is 37.1 Å². The molecule has 0 aliphatic carbocycles. The molecule has 1 aromatic carbocycles. The van der Waals surface area contributed by atoms with Crippen molar-refractivity contribution in [3.63, 3.8) is 0 Å². The lowest BCUT2D eigenvalue weighted by Crippen LogP contribution is -2.24. The van der Waals surface area contributed by atoms with Gasteiger partial charge in [-0.15, -0.1) is 0 Å². The highest BCUT2D eigenvalue weighted by Gasteiger charge is 2.12. The maximum atomic E-state index is 8.70. The summed E-state index contributed by atoms with van der Waals surface area (Å²) in [5.74, 6) is 0.704. The van der Waals surface area contributed by atoms with E-state index in [1.54, 1.807) is 0 Å². The van der Waals surface area contributed by atoms with Crippen molar-refractivity contribution in [2.24, 2.45) is 5.92 Å². The number of benzene rings is 1. The van der Waals surface area contributed by atoms with Crippen molar-refractivity contribution in [3.8, 4) is 6.07 Å². The van der Waals surface area contributed by atoms with Crippen molar-refractivity contribution >= 4 is 5.69 Å². The van der Waals surface area contributed by atoms with Gasteiger partial charge in [0.1, 0.15) is 0 Å². The molecule has 0 aromatic heterocycles. The first-order valence-electron chi connectivity index (χ1n) is 5.98. The van der Waals surface area contributed by atoms with E-state index in [4.69, 9.17) is 5.26 Å². The first-order valence-corrected chi connectivity index (χ1v) is 5.98. The fourth-order valence-electron chi connectivity index (χ4n) is 2.02. The number of nitrogens with one attached hydrogen (secondary N) is 1. The third-order valence-corrected chi connectivity index (χ3v) is 3.16. The summed E-state index contributed by atoms with van der Waals surface area (Å²) in [6.45, 7) is 6.67. The predicted molar refractivity (Wildman–Crippen MR) is 68.3 cm³/mol. The number of anilines is 1. The van der Waals surface area contributed by atoms with Crippen LogP contribution in [-0.2, 0) is 0 Å². The summed E-state index contributed by atoms with van der Waals surface area (Å²) in [7, 11) is 0. The molecular formula is C14H20N2. The van der Waals surface area contributed by atoms with Gasteiger partial charge in [-0.25, -0.2) is 0 Å². The lowest BCUT2D eigenvalue weighted by molar-refractivity contribution is 0.438. The Hall–Kier alpha value is -1.49. The van der Waals surface area contributed by atoms with Gasteiger partial charge >= 0.3 is 0 Å². The monoisotopic (exact) mass is 216 g/mol. The minimum atomic E-state index is 0.475. The van der Waals surface area contributed by atoms with Crippen LogP contribution in [0, 0.1) is 17.2 Å². The number of hydrogen-bond donors (Lipinski definition) is 1. The normalized spacial score (nSPS) is 12.2. The zero-order valence-electron chi connectivity index (χ0n) is 10.3. The van der Waals surface area contributed by atoms with Crippen molar-refractivity contribution in [2.45, 2.75) is 39.7 Å². The van der Waals surface area contributed by atoms with E-state index in [1.165, 1.54) is 12.8 Å². The predicted octanol–water partition coefficient (Wildman–Crippen LogP) is 3.79. The molecule has 0 amide bonds. The van der Waals surface area contributed by atoms with E-state index < -0.39 is 0 Å². The fraction of sp³-hybridized carbons (Fsp3) is 0.500. The van der Waals surface area contributed by atoms with Crippen LogP contribution in [0.2, 0.25) is 0 Å². The molecule has 16 heavy (non-hydrogen) atoms. The highest BCUT2D eigenvalue weighted by atomic mass is 14.9. The summed E-state index contributed by atoms with van der Waals surface area (Å²) in [5, 5.41) is 12.2. The molecule has 0 saturated carbocycles. The summed E-state index contributed by atoms with van der Waals surface area (Å²) < 4.78 is 0. The maximum Gasteiger partial charge on any atom is 0.0991 e. The van der Waals surface area contributed by atoms with E-state index in [2.05, 4.69) is 32.2 Å². The van der Waals surface area contributed by atoms with E-state index in [9.17, 15) is 0 Å². The van der Waals surface area contributed by atoms with E-state index in [-0.39, 0.29) is 0 Å². The van der Waals surface area contributed by atoms with E-state index in [0.29, 0.717) is 17.5 Å². The minimum Gasteiger partial charge on any atom is -0.382 e. The van der Waals surface area contributed by atoms with Crippen LogP contribution in [0.3, 0.4) is 0 Å². The molecule has 0 spiro atoms. The molecule has 0 radical (unpaired) electrons. The lowest BCUT2D eigenvalue weighted by atomic mass is 9.95. The Kier molecular flexibility index (Phi) is 4.85. The van der Waals surface area contributed by atoms with Gasteiger partial charge in [0.05, 0.1) is 11.6 Å². The van der Waals surface area contributed by atoms with Crippen molar-refractivity contribution in [1.29, 1.82) is 5.26 Å². The molecule has 1 atom stereocenters. The zero-order valence-corrected chi connectivity index (χ0v) is 10.3. The Bertz CT molecular complexity index is 344. The number of nitrogens with zero attached hydrogens (tertiary/aromatic N) is 1. The van der Waals surface area contributed by atoms with Crippen LogP contribution in [0.15, 0.2) is 24.3 Å². The molecule has 1 unspecified atom stereocenters. The standard InChI is InChI=1S/C14H20N2/c1-4-13(5-2)11(3)16-14-8-6-12(10-15)7-9-14/h6-9,11,13,16H,4-5H2,1-3H3. The average molecular weight is 216 g/mol. The van der Waals surface area contributed by atoms with Crippen LogP contribution in [0.1, 0.15) is 39.2 Å². The Morgan fingerprint density at radius 1 is 1.19 bits per heavy atom. The molecule has 1 rings (SSSR count). The molecule has 0 aliphatic heterocycles. The number of hydrogen-bond acceptors (Lipinski definition) is 2. The second-order valence-electron chi connectivity index (χ2n) is 4.20. The first kappa shape index (κ1) is 12.6. The summed E-state index contributed by atoms with van der Waals surface area (Å²) in [5.41, 5.74) is 1.80. The van der Waals surface area contributed by atoms with Crippen molar-refractivity contribution in [2.75, 3.05) is 5.32 Å². The van der Waals surface area contributed by atoms with Gasteiger partial charge in [0.25, 0.3) is 0 Å². The lowest BCUT2D eigenvalue weighted by Gasteiger charge is -2.23. The smallest absolute Gasteiger partial charge is 0.0991 e. The molecule has 2 heteroatoms. The van der Waals surface area contributed by atoms with Crippen LogP contribution in [0.25, 0.3) is 0 Å². The molecular weight excluding hydrogens is 196 g/mol. The van der Waals surface area contributed by atoms with Gasteiger partial charge in [-0.2, -0.15) is 5.26 Å². The van der Waals surface area contributed by atoms with Crippen molar-refractivity contribution < 1.29 is 0 Å². The van der Waals surface area contributed by atoms with Gasteiger partial charge in [-0.1, -0.05) is 26.7 Å². The quantitative estimate of drug-likeness (QED) is 0.812. The second-order valence-corrected chi connectivity index (χ2v) is 4.20. The van der Waals surface area contributed by atoms with Gasteiger partial charge in [0, 0.05) is 11.7 Å². The summed E-state index contributed by atoms with van der Waals surface area (Å²) >= 11 is 0. The van der Waals surface area contributed by atoms with Crippen molar-refractivity contribution in [1.82, 2.24) is 0 Å². The Balaban J connectivity index is 2.62. The Morgan fingerprint density at radius 3 is 2.19 bits per heavy atom. The third kappa shape index (κ3) is 3.27. The number of rotatable bonds is 5. The molecule has 1 N–H and O–H groups in total. The maximum absolute atomic E-state index is 8.70. The summed E-state index contributed by atoms with van der Waals surface area (Å²) in [6, 6.07) is 10.2. The average Bonchev–Trinajstić information content (AvgIpc) is 2.31. The van der Waals surface area contributed by atoms with Gasteiger partial charge < -0.3 is 5.32 Å². The van der Waals surface area contributed by atoms with E-state index >= 15 is 0 Å². The van der Waals surface area contributed by atoms with Crippen LogP contribution in [-0.4, -0.2) is 6.04 Å². The van der Waals surface area contributed by atoms with Gasteiger partial charge in [-0.3, -0.25) is 0 Å². The molecule has 0 fully saturated rings. The van der Waals surface area contributed by atoms with Crippen molar-refractivity contribution in [3.05, 3.63) is 29.8 Å². The first-order chi connectivity index (χ1) is 7.71. The topological polar surface area (TPSA) is 35.8 Å². The number of nitriles is 1. The minimum absolute atomic E-state index is 0.475. The molecule has 0 saturated heterocycles. The molecule has 86 valence electrons. The van der Waals surface area contributed by atoms with Gasteiger partial charge in [0.2, 0.25) is 0 Å². The Labute approximate surface area is 98.3 Å². The molecule has 0 aliphatic rings. The van der Waals surface area contributed by atoms with Gasteiger partial charge in [0.15, 0.2) is 0 Å². The fourth-order valence-corrected chi connectivity index (χ4v) is 2.02. The molecule has 1 aromatic rings. The van der Waals surface area contributed by atoms with Crippen LogP contribution in [0.5, 0.6) is 0 Å². The molecule has 2 nitrogen and oxygen atoms in total. The molecule has 0 bridgehead atoms. The second kappa shape index (κ2) is 6.17. The van der Waals surface area contributed by atoms with Crippen LogP contribution in [0.4, 0.5) is 5.69 Å². The largest absolute Gasteiger partial charge is 0.382 e. The third-order valence-electron chi connectivity index (χ3n) is 3.16. The zero-order chi connectivity index (χ0) is 12.0. The van der Waals surface area contributed by atoms with E-state index in [1.807, 2.05) is 24.3 Å². The summed E-state index contributed by atoms with van der Waals surface area (Å²) in [4.78, 5) is 0.